The van der Waals surface area contributed by atoms with E-state index >= 15 is 0 Å². The van der Waals surface area contributed by atoms with Crippen LogP contribution < -0.4 is 4.74 Å². The summed E-state index contributed by atoms with van der Waals surface area (Å²) in [6.45, 7) is 15.4. The maximum absolute atomic E-state index is 12.3. The smallest absolute Gasteiger partial charge is 0.223 e. The zero-order valence-electron chi connectivity index (χ0n) is 15.8. The minimum absolute atomic E-state index is 0.155. The van der Waals surface area contributed by atoms with Gasteiger partial charge in [0.15, 0.2) is 0 Å². The minimum atomic E-state index is 0.155. The molecule has 0 aromatic heterocycles. The van der Waals surface area contributed by atoms with Crippen molar-refractivity contribution in [3.63, 3.8) is 0 Å². The second kappa shape index (κ2) is 8.37. The van der Waals surface area contributed by atoms with Gasteiger partial charge in [0.05, 0.1) is 6.61 Å². The van der Waals surface area contributed by atoms with Gasteiger partial charge in [0.25, 0.3) is 0 Å². The lowest BCUT2D eigenvalue weighted by Gasteiger charge is -2.30. The Hall–Kier alpha value is -1.51. The number of hydrogen-bond donors (Lipinski definition) is 0. The number of amides is 1. The molecule has 0 spiro atoms. The van der Waals surface area contributed by atoms with Gasteiger partial charge in [0.1, 0.15) is 5.75 Å². The van der Waals surface area contributed by atoms with Crippen molar-refractivity contribution < 1.29 is 9.53 Å². The van der Waals surface area contributed by atoms with Gasteiger partial charge in [-0.05, 0) is 57.2 Å². The van der Waals surface area contributed by atoms with Gasteiger partial charge in [-0.3, -0.25) is 4.79 Å². The average Bonchev–Trinajstić information content (AvgIpc) is 2.42. The Morgan fingerprint density at radius 2 is 1.57 bits per heavy atom. The number of carbonyl (C=O) groups is 1. The van der Waals surface area contributed by atoms with E-state index in [2.05, 4.69) is 60.6 Å². The highest BCUT2D eigenvalue weighted by molar-refractivity contribution is 5.76. The first-order chi connectivity index (χ1) is 10.6. The third kappa shape index (κ3) is 6.25. The normalized spacial score (nSPS) is 11.9. The third-order valence-corrected chi connectivity index (χ3v) is 3.92. The van der Waals surface area contributed by atoms with E-state index in [1.165, 1.54) is 5.56 Å². The highest BCUT2D eigenvalue weighted by Gasteiger charge is 2.19. The van der Waals surface area contributed by atoms with Crippen molar-refractivity contribution in [3.8, 4) is 5.75 Å². The van der Waals surface area contributed by atoms with Crippen LogP contribution in [0.3, 0.4) is 0 Å². The molecule has 0 atom stereocenters. The number of hydrogen-bond acceptors (Lipinski definition) is 2. The fraction of sp³-hybridized carbons (Fsp3) is 0.650. The molecule has 1 aromatic rings. The number of benzene rings is 1. The largest absolute Gasteiger partial charge is 0.494 e. The Morgan fingerprint density at radius 1 is 1.04 bits per heavy atom. The molecule has 0 N–H and O–H groups in total. The van der Waals surface area contributed by atoms with Gasteiger partial charge in [0.2, 0.25) is 5.91 Å². The van der Waals surface area contributed by atoms with Crippen LogP contribution >= 0.6 is 0 Å². The molecule has 0 aliphatic rings. The van der Waals surface area contributed by atoms with Crippen molar-refractivity contribution in [2.24, 2.45) is 0 Å². The van der Waals surface area contributed by atoms with E-state index in [9.17, 15) is 4.79 Å². The minimum Gasteiger partial charge on any atom is -0.494 e. The molecule has 0 bridgehead atoms. The van der Waals surface area contributed by atoms with Crippen LogP contribution in [-0.4, -0.2) is 29.5 Å². The lowest BCUT2D eigenvalue weighted by Crippen LogP contribution is -2.42. The molecule has 3 nitrogen and oxygen atoms in total. The van der Waals surface area contributed by atoms with Crippen LogP contribution in [0.1, 0.15) is 66.9 Å². The Bertz CT molecular complexity index is 475. The van der Waals surface area contributed by atoms with E-state index in [0.29, 0.717) is 13.0 Å². The quantitative estimate of drug-likeness (QED) is 0.676. The molecule has 0 radical (unpaired) electrons. The second-order valence-electron chi connectivity index (χ2n) is 7.71. The Morgan fingerprint density at radius 3 is 2.00 bits per heavy atom. The van der Waals surface area contributed by atoms with E-state index in [1.54, 1.807) is 0 Å². The van der Waals surface area contributed by atoms with Crippen molar-refractivity contribution >= 4 is 5.91 Å². The first-order valence-corrected chi connectivity index (χ1v) is 8.67. The molecule has 0 heterocycles. The van der Waals surface area contributed by atoms with Gasteiger partial charge in [-0.1, -0.05) is 32.9 Å². The molecular formula is C20H33NO2. The lowest BCUT2D eigenvalue weighted by atomic mass is 9.87. The van der Waals surface area contributed by atoms with Crippen molar-refractivity contribution in [2.75, 3.05) is 6.61 Å². The number of nitrogens with zero attached hydrogens (tertiary/aromatic N) is 1. The maximum atomic E-state index is 12.3. The zero-order valence-corrected chi connectivity index (χ0v) is 15.8. The van der Waals surface area contributed by atoms with E-state index in [-0.39, 0.29) is 23.4 Å². The van der Waals surface area contributed by atoms with Crippen molar-refractivity contribution in [1.82, 2.24) is 4.90 Å². The Labute approximate surface area is 142 Å². The molecular weight excluding hydrogens is 286 g/mol. The van der Waals surface area contributed by atoms with Gasteiger partial charge < -0.3 is 9.64 Å². The molecule has 1 amide bonds. The van der Waals surface area contributed by atoms with Gasteiger partial charge >= 0.3 is 0 Å². The molecule has 0 saturated heterocycles. The first kappa shape index (κ1) is 19.5. The topological polar surface area (TPSA) is 29.5 Å². The van der Waals surface area contributed by atoms with Crippen LogP contribution in [0.2, 0.25) is 0 Å². The fourth-order valence-electron chi connectivity index (χ4n) is 2.77. The summed E-state index contributed by atoms with van der Waals surface area (Å²) >= 11 is 0. The Kier molecular flexibility index (Phi) is 7.11. The standard InChI is InChI=1S/C20H33NO2/c1-15(2)21(16(3)4)19(22)9-8-14-23-18-12-10-17(11-13-18)20(5,6)7/h10-13,15-16H,8-9,14H2,1-7H3. The van der Waals surface area contributed by atoms with Gasteiger partial charge in [-0.25, -0.2) is 0 Å². The van der Waals surface area contributed by atoms with Crippen molar-refractivity contribution in [1.29, 1.82) is 0 Å². The monoisotopic (exact) mass is 319 g/mol. The Balaban J connectivity index is 2.41. The fourth-order valence-corrected chi connectivity index (χ4v) is 2.77. The predicted molar refractivity (Wildman–Crippen MR) is 97.0 cm³/mol. The van der Waals surface area contributed by atoms with E-state index < -0.39 is 0 Å². The summed E-state index contributed by atoms with van der Waals surface area (Å²) in [5, 5.41) is 0. The van der Waals surface area contributed by atoms with Crippen LogP contribution in [0.15, 0.2) is 24.3 Å². The molecule has 0 saturated carbocycles. The lowest BCUT2D eigenvalue weighted by molar-refractivity contribution is -0.135. The number of ether oxygens (including phenoxy) is 1. The van der Waals surface area contributed by atoms with Gasteiger partial charge in [-0.15, -0.1) is 0 Å². The molecule has 1 aromatic carbocycles. The highest BCUT2D eigenvalue weighted by Crippen LogP contribution is 2.24. The van der Waals surface area contributed by atoms with Gasteiger partial charge in [0, 0.05) is 18.5 Å². The second-order valence-corrected chi connectivity index (χ2v) is 7.71. The average molecular weight is 319 g/mol. The number of carbonyl (C=O) groups excluding carboxylic acids is 1. The van der Waals surface area contributed by atoms with Crippen molar-refractivity contribution in [3.05, 3.63) is 29.8 Å². The summed E-state index contributed by atoms with van der Waals surface area (Å²) in [4.78, 5) is 14.2. The molecule has 0 aliphatic carbocycles. The van der Waals surface area contributed by atoms with Crippen LogP contribution in [0.4, 0.5) is 0 Å². The summed E-state index contributed by atoms with van der Waals surface area (Å²) in [6.07, 6.45) is 1.28. The predicted octanol–water partition coefficient (Wildman–Crippen LogP) is 4.79. The van der Waals surface area contributed by atoms with Crippen LogP contribution in [0, 0.1) is 0 Å². The summed E-state index contributed by atoms with van der Waals surface area (Å²) < 4.78 is 5.75. The highest BCUT2D eigenvalue weighted by atomic mass is 16.5. The summed E-state index contributed by atoms with van der Waals surface area (Å²) in [5.74, 6) is 1.08. The third-order valence-electron chi connectivity index (χ3n) is 3.92. The van der Waals surface area contributed by atoms with Crippen LogP contribution in [-0.2, 0) is 10.2 Å². The molecule has 0 aliphatic heterocycles. The van der Waals surface area contributed by atoms with E-state index in [0.717, 1.165) is 12.2 Å². The summed E-state index contributed by atoms with van der Waals surface area (Å²) in [5.41, 5.74) is 1.45. The summed E-state index contributed by atoms with van der Waals surface area (Å²) in [7, 11) is 0. The maximum Gasteiger partial charge on any atom is 0.223 e. The SMILES string of the molecule is CC(C)N(C(=O)CCCOc1ccc(C(C)(C)C)cc1)C(C)C. The molecule has 1 rings (SSSR count). The number of rotatable bonds is 7. The van der Waals surface area contributed by atoms with Crippen LogP contribution in [0.5, 0.6) is 5.75 Å². The molecule has 0 fully saturated rings. The van der Waals surface area contributed by atoms with Gasteiger partial charge in [-0.2, -0.15) is 0 Å². The summed E-state index contributed by atoms with van der Waals surface area (Å²) in [6, 6.07) is 8.73. The van der Waals surface area contributed by atoms with Crippen molar-refractivity contribution in [2.45, 2.75) is 78.8 Å². The first-order valence-electron chi connectivity index (χ1n) is 8.67. The van der Waals surface area contributed by atoms with E-state index in [4.69, 9.17) is 4.74 Å². The molecule has 0 unspecified atom stereocenters. The molecule has 3 heteroatoms. The molecule has 23 heavy (non-hydrogen) atoms. The zero-order chi connectivity index (χ0) is 17.6. The molecule has 130 valence electrons. The van der Waals surface area contributed by atoms with E-state index in [1.807, 2.05) is 17.0 Å². The van der Waals surface area contributed by atoms with Crippen LogP contribution in [0.25, 0.3) is 0 Å².